The van der Waals surface area contributed by atoms with Crippen molar-refractivity contribution in [2.45, 2.75) is 0 Å². The van der Waals surface area contributed by atoms with Crippen molar-refractivity contribution in [3.05, 3.63) is 200 Å². The summed E-state index contributed by atoms with van der Waals surface area (Å²) < 4.78 is 9.37. The predicted molar refractivity (Wildman–Crippen MR) is 235 cm³/mol. The lowest BCUT2D eigenvalue weighted by Crippen LogP contribution is -2.12. The molecule has 0 fully saturated rings. The van der Waals surface area contributed by atoms with E-state index < -0.39 is 0 Å². The molecule has 0 radical (unpaired) electrons. The molecule has 0 bridgehead atoms. The lowest BCUT2D eigenvalue weighted by atomic mass is 9.95. The van der Waals surface area contributed by atoms with E-state index in [4.69, 9.17) is 4.42 Å². The van der Waals surface area contributed by atoms with E-state index in [1.807, 2.05) is 11.3 Å². The minimum absolute atomic E-state index is 0.863. The first-order valence-corrected chi connectivity index (χ1v) is 19.5. The number of thiophene rings is 1. The van der Waals surface area contributed by atoms with Crippen LogP contribution in [0.25, 0.3) is 86.3 Å². The Balaban J connectivity index is 1.17. The second-order valence-electron chi connectivity index (χ2n) is 14.1. The normalized spacial score (nSPS) is 11.6. The van der Waals surface area contributed by atoms with Crippen LogP contribution in [0, 0.1) is 0 Å². The molecule has 11 rings (SSSR count). The summed E-state index contributed by atoms with van der Waals surface area (Å²) in [7, 11) is 0. The van der Waals surface area contributed by atoms with Gasteiger partial charge in [-0.15, -0.1) is 11.3 Å². The molecule has 0 unspecified atom stereocenters. The fourth-order valence-electron chi connectivity index (χ4n) is 8.25. The highest BCUT2D eigenvalue weighted by Gasteiger charge is 2.23. The van der Waals surface area contributed by atoms with Crippen molar-refractivity contribution in [1.82, 2.24) is 0 Å². The van der Waals surface area contributed by atoms with Crippen LogP contribution in [0.4, 0.5) is 17.1 Å². The first-order valence-electron chi connectivity index (χ1n) is 18.7. The van der Waals surface area contributed by atoms with Gasteiger partial charge in [0.25, 0.3) is 0 Å². The number of rotatable bonds is 6. The second kappa shape index (κ2) is 12.9. The molecule has 9 aromatic carbocycles. The Morgan fingerprint density at radius 1 is 0.382 bits per heavy atom. The van der Waals surface area contributed by atoms with Gasteiger partial charge in [-0.3, -0.25) is 0 Å². The number of anilines is 3. The third kappa shape index (κ3) is 5.32. The molecule has 0 aliphatic carbocycles. The van der Waals surface area contributed by atoms with Gasteiger partial charge in [0, 0.05) is 42.2 Å². The molecule has 55 heavy (non-hydrogen) atoms. The van der Waals surface area contributed by atoms with Gasteiger partial charge in [-0.25, -0.2) is 0 Å². The van der Waals surface area contributed by atoms with Gasteiger partial charge in [-0.1, -0.05) is 146 Å². The summed E-state index contributed by atoms with van der Waals surface area (Å²) in [5.41, 5.74) is 12.0. The summed E-state index contributed by atoms with van der Waals surface area (Å²) in [5, 5.41) is 7.09. The topological polar surface area (TPSA) is 16.4 Å². The molecule has 0 N–H and O–H groups in total. The average molecular weight is 720 g/mol. The Morgan fingerprint density at radius 3 is 1.91 bits per heavy atom. The van der Waals surface area contributed by atoms with Crippen molar-refractivity contribution in [2.75, 3.05) is 4.90 Å². The zero-order valence-corrected chi connectivity index (χ0v) is 30.6. The molecular weight excluding hydrogens is 687 g/mol. The van der Waals surface area contributed by atoms with Crippen LogP contribution >= 0.6 is 11.3 Å². The highest BCUT2D eigenvalue weighted by Crippen LogP contribution is 2.48. The zero-order chi connectivity index (χ0) is 36.3. The van der Waals surface area contributed by atoms with E-state index in [0.29, 0.717) is 0 Å². The minimum atomic E-state index is 0.863. The van der Waals surface area contributed by atoms with Crippen molar-refractivity contribution in [3.63, 3.8) is 0 Å². The highest BCUT2D eigenvalue weighted by molar-refractivity contribution is 7.25. The van der Waals surface area contributed by atoms with Gasteiger partial charge in [0.1, 0.15) is 11.2 Å². The van der Waals surface area contributed by atoms with Crippen molar-refractivity contribution in [2.24, 2.45) is 0 Å². The van der Waals surface area contributed by atoms with Gasteiger partial charge in [0.05, 0.1) is 16.8 Å². The Kier molecular flexibility index (Phi) is 7.39. The first-order chi connectivity index (χ1) is 27.3. The molecule has 0 aliphatic heterocycles. The van der Waals surface area contributed by atoms with Gasteiger partial charge in [0.15, 0.2) is 0 Å². The number of benzene rings is 9. The fourth-order valence-corrected chi connectivity index (χ4v) is 9.39. The number of nitrogens with zero attached hydrogens (tertiary/aromatic N) is 1. The van der Waals surface area contributed by atoms with E-state index in [9.17, 15) is 0 Å². The van der Waals surface area contributed by atoms with Crippen LogP contribution < -0.4 is 4.90 Å². The van der Waals surface area contributed by atoms with Gasteiger partial charge >= 0.3 is 0 Å². The van der Waals surface area contributed by atoms with Gasteiger partial charge in [-0.2, -0.15) is 0 Å². The molecule has 258 valence electrons. The summed E-state index contributed by atoms with van der Waals surface area (Å²) >= 11 is 1.86. The molecule has 0 aliphatic rings. The van der Waals surface area contributed by atoms with Crippen molar-refractivity contribution >= 4 is 81.3 Å². The molecule has 2 nitrogen and oxygen atoms in total. The molecule has 2 heterocycles. The predicted octanol–water partition coefficient (Wildman–Crippen LogP) is 15.6. The van der Waals surface area contributed by atoms with Crippen molar-refractivity contribution < 1.29 is 4.42 Å². The molecular formula is C52H33NOS. The number of hydrogen-bond donors (Lipinski definition) is 0. The van der Waals surface area contributed by atoms with E-state index in [0.717, 1.165) is 55.5 Å². The third-order valence-electron chi connectivity index (χ3n) is 10.9. The summed E-state index contributed by atoms with van der Waals surface area (Å²) in [6.07, 6.45) is 0. The minimum Gasteiger partial charge on any atom is -0.455 e. The Morgan fingerprint density at radius 2 is 1.04 bits per heavy atom. The van der Waals surface area contributed by atoms with Crippen molar-refractivity contribution in [3.8, 4) is 33.4 Å². The van der Waals surface area contributed by atoms with Crippen LogP contribution in [0.3, 0.4) is 0 Å². The molecule has 0 atom stereocenters. The van der Waals surface area contributed by atoms with E-state index >= 15 is 0 Å². The summed E-state index contributed by atoms with van der Waals surface area (Å²) in [5.74, 6) is 0. The molecule has 2 aromatic heterocycles. The quantitative estimate of drug-likeness (QED) is 0.170. The SMILES string of the molecule is c1ccc(-c2ccc(N(c3cccc(-c4ccc5c(c4)sc4ccccc45)c3)c3cccc4oc5c6ccccc6ccc5c34)c(-c3ccccc3)c2)cc1. The Labute approximate surface area is 322 Å². The van der Waals surface area contributed by atoms with E-state index in [2.05, 4.69) is 205 Å². The largest absolute Gasteiger partial charge is 0.455 e. The number of hydrogen-bond acceptors (Lipinski definition) is 3. The molecule has 0 saturated heterocycles. The van der Waals surface area contributed by atoms with Crippen LogP contribution in [0.15, 0.2) is 205 Å². The second-order valence-corrected chi connectivity index (χ2v) is 15.2. The smallest absolute Gasteiger partial charge is 0.143 e. The standard InChI is InChI=1S/C52H33NOS/c1-3-13-34(14-4-1)38-27-30-46(45(32-38)35-15-5-2-6-16-35)53(47-22-12-23-48-51(47)44-29-25-36-17-7-8-20-41(36)52(44)54-48)40-19-11-18-37(31-40)39-26-28-43-42-21-9-10-24-49(42)55-50(43)33-39/h1-33H. The average Bonchev–Trinajstić information content (AvgIpc) is 3.83. The maximum Gasteiger partial charge on any atom is 0.143 e. The van der Waals surface area contributed by atoms with Gasteiger partial charge < -0.3 is 9.32 Å². The summed E-state index contributed by atoms with van der Waals surface area (Å²) in [6.45, 7) is 0. The van der Waals surface area contributed by atoms with E-state index in [1.54, 1.807) is 0 Å². The third-order valence-corrected chi connectivity index (χ3v) is 12.0. The van der Waals surface area contributed by atoms with Crippen molar-refractivity contribution in [1.29, 1.82) is 0 Å². The first kappa shape index (κ1) is 31.6. The monoisotopic (exact) mass is 719 g/mol. The summed E-state index contributed by atoms with van der Waals surface area (Å²) in [4.78, 5) is 2.44. The lowest BCUT2D eigenvalue weighted by molar-refractivity contribution is 0.672. The lowest BCUT2D eigenvalue weighted by Gasteiger charge is -2.29. The van der Waals surface area contributed by atoms with Crippen LogP contribution in [0.1, 0.15) is 0 Å². The summed E-state index contributed by atoms with van der Waals surface area (Å²) in [6, 6.07) is 72.2. The van der Waals surface area contributed by atoms with Crippen LogP contribution in [-0.2, 0) is 0 Å². The molecule has 11 aromatic rings. The van der Waals surface area contributed by atoms with E-state index in [1.165, 1.54) is 47.8 Å². The van der Waals surface area contributed by atoms with Gasteiger partial charge in [0.2, 0.25) is 0 Å². The van der Waals surface area contributed by atoms with Crippen LogP contribution in [0.5, 0.6) is 0 Å². The van der Waals surface area contributed by atoms with Crippen LogP contribution in [-0.4, -0.2) is 0 Å². The Hall–Kier alpha value is -6.94. The highest BCUT2D eigenvalue weighted by atomic mass is 32.1. The molecule has 0 spiro atoms. The molecule has 0 amide bonds. The van der Waals surface area contributed by atoms with E-state index in [-0.39, 0.29) is 0 Å². The molecule has 0 saturated carbocycles. The number of furan rings is 1. The van der Waals surface area contributed by atoms with Gasteiger partial charge in [-0.05, 0) is 87.8 Å². The maximum atomic E-state index is 6.75. The zero-order valence-electron chi connectivity index (χ0n) is 29.8. The molecule has 3 heteroatoms. The van der Waals surface area contributed by atoms with Crippen LogP contribution in [0.2, 0.25) is 0 Å². The number of fused-ring (bicyclic) bond motifs is 8. The maximum absolute atomic E-state index is 6.75. The Bertz CT molecular complexity index is 3210. The fraction of sp³-hybridized carbons (Fsp3) is 0.